The maximum absolute atomic E-state index is 13.0. The van der Waals surface area contributed by atoms with Crippen molar-refractivity contribution in [2.75, 3.05) is 40.9 Å². The van der Waals surface area contributed by atoms with Crippen LogP contribution in [0.25, 0.3) is 0 Å². The van der Waals surface area contributed by atoms with Gasteiger partial charge in [-0.25, -0.2) is 4.57 Å². The smallest absolute Gasteiger partial charge is 0.387 e. The van der Waals surface area contributed by atoms with Crippen LogP contribution in [-0.2, 0) is 18.4 Å². The van der Waals surface area contributed by atoms with Gasteiger partial charge in [-0.1, -0.05) is 262 Å². The molecule has 0 radical (unpaired) electrons. The Morgan fingerprint density at radius 2 is 0.797 bits per heavy atom. The Morgan fingerprint density at radius 1 is 0.478 bits per heavy atom. The van der Waals surface area contributed by atoms with Crippen molar-refractivity contribution in [3.63, 3.8) is 0 Å². The van der Waals surface area contributed by atoms with Gasteiger partial charge < -0.3 is 19.8 Å². The number of aliphatic hydroxyl groups excluding tert-OH is 1. The van der Waals surface area contributed by atoms with Crippen LogP contribution in [0, 0.1) is 0 Å². The van der Waals surface area contributed by atoms with E-state index >= 15 is 0 Å². The summed E-state index contributed by atoms with van der Waals surface area (Å²) in [6.45, 7) is 4.83. The van der Waals surface area contributed by atoms with E-state index in [0.717, 1.165) is 38.5 Å². The number of likely N-dealkylation sites (N-methyl/N-ethyl adjacent to an activating group) is 1. The molecule has 0 aromatic carbocycles. The number of allylic oxidation sites excluding steroid dienone is 5. The highest BCUT2D eigenvalue weighted by atomic mass is 31.2. The molecule has 0 aromatic heterocycles. The number of phosphoric acid groups is 1. The molecule has 9 heteroatoms. The maximum atomic E-state index is 13.0. The molecular formula is C60H118N2O6P+. The number of carbonyl (C=O) groups excluding carboxylic acids is 1. The number of rotatable bonds is 55. The van der Waals surface area contributed by atoms with Crippen LogP contribution in [0.1, 0.15) is 290 Å². The molecule has 1 amide bonds. The molecule has 8 nitrogen and oxygen atoms in total. The lowest BCUT2D eigenvalue weighted by atomic mass is 10.0. The summed E-state index contributed by atoms with van der Waals surface area (Å²) in [6, 6.07) is -0.864. The third kappa shape index (κ3) is 54.3. The standard InChI is InChI=1S/C60H117N2O6P/c1-6-8-10-12-14-16-18-20-22-24-26-27-28-29-30-31-32-33-34-36-37-39-41-43-45-47-49-51-53-59(63)58(57-68-69(65,66)67-56-55-62(3,4)5)61-60(64)54-52-50-48-46-44-42-40-38-35-25-23-21-19-17-15-13-11-9-7-2/h21,23,43,45,51,53,58-59,63H,6-20,22,24-42,44,46-50,52,54-57H2,1-5H3,(H-,61,64,65,66)/p+1/b23-21-,45-43+,53-51+. The van der Waals surface area contributed by atoms with Crippen LogP contribution in [-0.4, -0.2) is 73.4 Å². The van der Waals surface area contributed by atoms with E-state index in [1.165, 1.54) is 231 Å². The summed E-state index contributed by atoms with van der Waals surface area (Å²) in [6.07, 6.45) is 66.9. The molecule has 0 aliphatic heterocycles. The topological polar surface area (TPSA) is 105 Å². The molecule has 0 saturated carbocycles. The lowest BCUT2D eigenvalue weighted by molar-refractivity contribution is -0.870. The van der Waals surface area contributed by atoms with Crippen LogP contribution in [0.5, 0.6) is 0 Å². The van der Waals surface area contributed by atoms with E-state index in [1.54, 1.807) is 6.08 Å². The van der Waals surface area contributed by atoms with Crippen LogP contribution >= 0.6 is 7.82 Å². The first-order valence-corrected chi connectivity index (χ1v) is 31.4. The van der Waals surface area contributed by atoms with E-state index in [4.69, 9.17) is 9.05 Å². The Hall–Kier alpha value is -1.28. The molecule has 0 aliphatic rings. The minimum absolute atomic E-state index is 0.0565. The van der Waals surface area contributed by atoms with Gasteiger partial charge in [-0.05, 0) is 57.8 Å². The van der Waals surface area contributed by atoms with Gasteiger partial charge in [0.15, 0.2) is 0 Å². The van der Waals surface area contributed by atoms with Gasteiger partial charge >= 0.3 is 7.82 Å². The van der Waals surface area contributed by atoms with E-state index < -0.39 is 20.0 Å². The number of nitrogens with zero attached hydrogens (tertiary/aromatic N) is 1. The van der Waals surface area contributed by atoms with Crippen LogP contribution in [0.2, 0.25) is 0 Å². The summed E-state index contributed by atoms with van der Waals surface area (Å²) >= 11 is 0. The Labute approximate surface area is 429 Å². The first kappa shape index (κ1) is 67.7. The van der Waals surface area contributed by atoms with Crippen molar-refractivity contribution in [1.29, 1.82) is 0 Å². The zero-order valence-corrected chi connectivity index (χ0v) is 47.5. The molecular weight excluding hydrogens is 876 g/mol. The minimum atomic E-state index is -4.36. The fourth-order valence-electron chi connectivity index (χ4n) is 8.88. The Bertz CT molecular complexity index is 1220. The molecule has 408 valence electrons. The average Bonchev–Trinajstić information content (AvgIpc) is 3.31. The average molecular weight is 995 g/mol. The van der Waals surface area contributed by atoms with Crippen molar-refractivity contribution in [2.24, 2.45) is 0 Å². The van der Waals surface area contributed by atoms with Crippen molar-refractivity contribution in [2.45, 2.75) is 302 Å². The number of phosphoric ester groups is 1. The van der Waals surface area contributed by atoms with E-state index in [9.17, 15) is 19.4 Å². The normalized spacial score (nSPS) is 14.1. The first-order chi connectivity index (χ1) is 33.5. The summed E-state index contributed by atoms with van der Waals surface area (Å²) in [5.41, 5.74) is 0. The molecule has 0 fully saturated rings. The fourth-order valence-corrected chi connectivity index (χ4v) is 9.61. The highest BCUT2D eigenvalue weighted by Gasteiger charge is 2.27. The number of nitrogens with one attached hydrogen (secondary N) is 1. The van der Waals surface area contributed by atoms with Gasteiger partial charge in [-0.15, -0.1) is 0 Å². The number of quaternary nitrogens is 1. The van der Waals surface area contributed by atoms with E-state index in [1.807, 2.05) is 27.2 Å². The zero-order valence-electron chi connectivity index (χ0n) is 46.6. The third-order valence-electron chi connectivity index (χ3n) is 13.6. The predicted molar refractivity (Wildman–Crippen MR) is 300 cm³/mol. The molecule has 3 unspecified atom stereocenters. The number of unbranched alkanes of at least 4 members (excludes halogenated alkanes) is 38. The Balaban J connectivity index is 4.20. The van der Waals surface area contributed by atoms with Gasteiger partial charge in [-0.3, -0.25) is 13.8 Å². The second-order valence-corrected chi connectivity index (χ2v) is 23.2. The molecule has 3 N–H and O–H groups in total. The highest BCUT2D eigenvalue weighted by Crippen LogP contribution is 2.43. The summed E-state index contributed by atoms with van der Waals surface area (Å²) in [4.78, 5) is 23.3. The van der Waals surface area contributed by atoms with E-state index in [-0.39, 0.29) is 19.1 Å². The fraction of sp³-hybridized carbons (Fsp3) is 0.883. The van der Waals surface area contributed by atoms with E-state index in [2.05, 4.69) is 43.5 Å². The third-order valence-corrected chi connectivity index (χ3v) is 14.6. The number of hydrogen-bond donors (Lipinski definition) is 3. The summed E-state index contributed by atoms with van der Waals surface area (Å²) in [5.74, 6) is -0.186. The van der Waals surface area contributed by atoms with Crippen molar-refractivity contribution in [1.82, 2.24) is 5.32 Å². The van der Waals surface area contributed by atoms with Crippen molar-refractivity contribution in [3.8, 4) is 0 Å². The second kappa shape index (κ2) is 51.6. The van der Waals surface area contributed by atoms with Gasteiger partial charge in [0.2, 0.25) is 5.91 Å². The van der Waals surface area contributed by atoms with Crippen molar-refractivity contribution < 1.29 is 32.9 Å². The number of aliphatic hydroxyl groups is 1. The Morgan fingerprint density at radius 3 is 1.16 bits per heavy atom. The molecule has 0 rings (SSSR count). The van der Waals surface area contributed by atoms with E-state index in [0.29, 0.717) is 17.4 Å². The monoisotopic (exact) mass is 994 g/mol. The van der Waals surface area contributed by atoms with Gasteiger partial charge in [0.1, 0.15) is 13.2 Å². The van der Waals surface area contributed by atoms with Gasteiger partial charge in [-0.2, -0.15) is 0 Å². The van der Waals surface area contributed by atoms with Gasteiger partial charge in [0.25, 0.3) is 0 Å². The SMILES string of the molecule is CCCCCCCC/C=C\CCCCCCCCCCCC(=O)NC(COP(=O)(O)OCC[N+](C)(C)C)C(O)/C=C/CC/C=C/CCCCCCCCCCCCCCCCCCCCCCCC. The summed E-state index contributed by atoms with van der Waals surface area (Å²) in [7, 11) is 1.56. The van der Waals surface area contributed by atoms with Crippen LogP contribution in [0.15, 0.2) is 36.5 Å². The number of hydrogen-bond acceptors (Lipinski definition) is 5. The lowest BCUT2D eigenvalue weighted by Crippen LogP contribution is -2.45. The highest BCUT2D eigenvalue weighted by molar-refractivity contribution is 7.47. The predicted octanol–water partition coefficient (Wildman–Crippen LogP) is 18.2. The molecule has 0 aromatic rings. The molecule has 3 atom stereocenters. The minimum Gasteiger partial charge on any atom is -0.387 e. The molecule has 0 aliphatic carbocycles. The van der Waals surface area contributed by atoms with Crippen LogP contribution < -0.4 is 5.32 Å². The maximum Gasteiger partial charge on any atom is 0.472 e. The van der Waals surface area contributed by atoms with Gasteiger partial charge in [0.05, 0.1) is 39.9 Å². The van der Waals surface area contributed by atoms with Crippen molar-refractivity contribution in [3.05, 3.63) is 36.5 Å². The zero-order chi connectivity index (χ0) is 50.6. The summed E-state index contributed by atoms with van der Waals surface area (Å²) < 4.78 is 23.7. The molecule has 0 spiro atoms. The molecule has 0 bridgehead atoms. The first-order valence-electron chi connectivity index (χ1n) is 29.9. The Kier molecular flexibility index (Phi) is 50.7. The summed E-state index contributed by atoms with van der Waals surface area (Å²) in [5, 5.41) is 13.9. The molecule has 0 heterocycles. The number of carbonyl (C=O) groups is 1. The molecule has 69 heavy (non-hydrogen) atoms. The van der Waals surface area contributed by atoms with Crippen LogP contribution in [0.3, 0.4) is 0 Å². The second-order valence-electron chi connectivity index (χ2n) is 21.7. The van der Waals surface area contributed by atoms with Gasteiger partial charge in [0, 0.05) is 6.42 Å². The largest absolute Gasteiger partial charge is 0.472 e. The number of amides is 1. The molecule has 0 saturated heterocycles. The van der Waals surface area contributed by atoms with Crippen LogP contribution in [0.4, 0.5) is 0 Å². The van der Waals surface area contributed by atoms with Crippen molar-refractivity contribution >= 4 is 13.7 Å². The lowest BCUT2D eigenvalue weighted by Gasteiger charge is -2.25. The quantitative estimate of drug-likeness (QED) is 0.0243.